The van der Waals surface area contributed by atoms with E-state index in [2.05, 4.69) is 43.0 Å². The maximum atomic E-state index is 5.99. The van der Waals surface area contributed by atoms with Crippen LogP contribution in [0.4, 0.5) is 0 Å². The number of rotatable bonds is 6. The first kappa shape index (κ1) is 14.8. The molecular formula is C16H24ClNO. The van der Waals surface area contributed by atoms with Gasteiger partial charge in [-0.15, -0.1) is 11.6 Å². The second kappa shape index (κ2) is 7.28. The second-order valence-corrected chi connectivity index (χ2v) is 5.82. The maximum Gasteiger partial charge on any atom is 0.0954 e. The molecule has 106 valence electrons. The highest BCUT2D eigenvalue weighted by Gasteiger charge is 2.23. The Bertz CT molecular complexity index is 394. The number of benzene rings is 1. The average molecular weight is 282 g/mol. The summed E-state index contributed by atoms with van der Waals surface area (Å²) in [5.41, 5.74) is 2.81. The van der Waals surface area contributed by atoms with E-state index >= 15 is 0 Å². The van der Waals surface area contributed by atoms with Crippen LogP contribution in [-0.2, 0) is 11.2 Å². The third-order valence-corrected chi connectivity index (χ3v) is 4.07. The third-order valence-electron chi connectivity index (χ3n) is 3.80. The maximum absolute atomic E-state index is 5.99. The van der Waals surface area contributed by atoms with Gasteiger partial charge in [-0.2, -0.15) is 0 Å². The van der Waals surface area contributed by atoms with Crippen LogP contribution in [0.25, 0.3) is 0 Å². The summed E-state index contributed by atoms with van der Waals surface area (Å²) in [4.78, 5) is 2.47. The van der Waals surface area contributed by atoms with Crippen molar-refractivity contribution in [1.82, 2.24) is 4.90 Å². The Labute approximate surface area is 121 Å². The van der Waals surface area contributed by atoms with Crippen LogP contribution in [-0.4, -0.2) is 36.5 Å². The van der Waals surface area contributed by atoms with Crippen molar-refractivity contribution in [2.45, 2.75) is 38.8 Å². The molecule has 0 fully saturated rings. The molecule has 1 heterocycles. The zero-order valence-corrected chi connectivity index (χ0v) is 12.7. The van der Waals surface area contributed by atoms with E-state index in [-0.39, 0.29) is 6.10 Å². The van der Waals surface area contributed by atoms with Gasteiger partial charge in [0.15, 0.2) is 0 Å². The molecule has 2 rings (SSSR count). The summed E-state index contributed by atoms with van der Waals surface area (Å²) in [6, 6.07) is 9.19. The van der Waals surface area contributed by atoms with Gasteiger partial charge < -0.3 is 4.74 Å². The molecule has 1 aliphatic rings. The van der Waals surface area contributed by atoms with Gasteiger partial charge in [-0.25, -0.2) is 0 Å². The molecule has 1 unspecified atom stereocenters. The molecule has 1 aliphatic heterocycles. The van der Waals surface area contributed by atoms with Crippen molar-refractivity contribution >= 4 is 11.6 Å². The minimum Gasteiger partial charge on any atom is -0.372 e. The number of ether oxygens (including phenoxy) is 1. The summed E-state index contributed by atoms with van der Waals surface area (Å²) >= 11 is 5.82. The number of hydrogen-bond acceptors (Lipinski definition) is 2. The number of alkyl halides is 1. The fraction of sp³-hybridized carbons (Fsp3) is 0.625. The Hall–Kier alpha value is -0.570. The van der Waals surface area contributed by atoms with E-state index in [1.165, 1.54) is 11.1 Å². The lowest BCUT2D eigenvalue weighted by Crippen LogP contribution is -2.37. The monoisotopic (exact) mass is 281 g/mol. The first-order chi connectivity index (χ1) is 9.22. The topological polar surface area (TPSA) is 12.5 Å². The van der Waals surface area contributed by atoms with Gasteiger partial charge in [-0.1, -0.05) is 24.3 Å². The largest absolute Gasteiger partial charge is 0.372 e. The van der Waals surface area contributed by atoms with Crippen LogP contribution < -0.4 is 0 Å². The minimum absolute atomic E-state index is 0.211. The summed E-state index contributed by atoms with van der Waals surface area (Å²) in [6.07, 6.45) is 2.28. The van der Waals surface area contributed by atoms with Crippen molar-refractivity contribution in [2.24, 2.45) is 0 Å². The zero-order chi connectivity index (χ0) is 13.7. The molecule has 1 aromatic rings. The standard InChI is InChI=1S/C16H24ClNO/c1-13(2)18(10-5-9-17)12-16-15-7-4-3-6-14(15)8-11-19-16/h3-4,6-7,13,16H,5,8-12H2,1-2H3. The molecule has 0 radical (unpaired) electrons. The van der Waals surface area contributed by atoms with Crippen LogP contribution in [0.2, 0.25) is 0 Å². The second-order valence-electron chi connectivity index (χ2n) is 5.44. The van der Waals surface area contributed by atoms with E-state index in [0.717, 1.165) is 38.4 Å². The quantitative estimate of drug-likeness (QED) is 0.738. The number of halogens is 1. The van der Waals surface area contributed by atoms with E-state index in [9.17, 15) is 0 Å². The van der Waals surface area contributed by atoms with Crippen molar-refractivity contribution in [3.8, 4) is 0 Å². The molecule has 0 N–H and O–H groups in total. The Kier molecular flexibility index (Phi) is 5.68. The van der Waals surface area contributed by atoms with E-state index in [4.69, 9.17) is 16.3 Å². The van der Waals surface area contributed by atoms with Crippen molar-refractivity contribution in [3.05, 3.63) is 35.4 Å². The number of nitrogens with zero attached hydrogens (tertiary/aromatic N) is 1. The molecule has 0 saturated heterocycles. The van der Waals surface area contributed by atoms with Gasteiger partial charge in [0.05, 0.1) is 12.7 Å². The molecule has 0 amide bonds. The van der Waals surface area contributed by atoms with Gasteiger partial charge in [0.1, 0.15) is 0 Å². The number of hydrogen-bond donors (Lipinski definition) is 0. The summed E-state index contributed by atoms with van der Waals surface area (Å²) in [6.45, 7) is 7.32. The van der Waals surface area contributed by atoms with Gasteiger partial charge in [-0.05, 0) is 44.4 Å². The van der Waals surface area contributed by atoms with E-state index in [1.807, 2.05) is 0 Å². The van der Waals surface area contributed by atoms with Crippen LogP contribution in [0, 0.1) is 0 Å². The Morgan fingerprint density at radius 2 is 2.16 bits per heavy atom. The van der Waals surface area contributed by atoms with Gasteiger partial charge >= 0.3 is 0 Å². The summed E-state index contributed by atoms with van der Waals surface area (Å²) in [5, 5.41) is 0. The molecule has 0 spiro atoms. The molecule has 0 aliphatic carbocycles. The normalized spacial score (nSPS) is 18.9. The molecule has 19 heavy (non-hydrogen) atoms. The highest BCUT2D eigenvalue weighted by Crippen LogP contribution is 2.28. The molecule has 2 nitrogen and oxygen atoms in total. The van der Waals surface area contributed by atoms with Crippen molar-refractivity contribution in [1.29, 1.82) is 0 Å². The van der Waals surface area contributed by atoms with Crippen molar-refractivity contribution in [3.63, 3.8) is 0 Å². The molecule has 0 aromatic heterocycles. The number of fused-ring (bicyclic) bond motifs is 1. The van der Waals surface area contributed by atoms with E-state index in [0.29, 0.717) is 6.04 Å². The van der Waals surface area contributed by atoms with Crippen LogP contribution >= 0.6 is 11.6 Å². The van der Waals surface area contributed by atoms with Gasteiger partial charge in [0.2, 0.25) is 0 Å². The lowest BCUT2D eigenvalue weighted by molar-refractivity contribution is 0.00922. The van der Waals surface area contributed by atoms with E-state index in [1.54, 1.807) is 0 Å². The molecule has 0 bridgehead atoms. The molecule has 0 saturated carbocycles. The summed E-state index contributed by atoms with van der Waals surface area (Å²) < 4.78 is 5.99. The minimum atomic E-state index is 0.211. The fourth-order valence-corrected chi connectivity index (χ4v) is 2.78. The lowest BCUT2D eigenvalue weighted by atomic mass is 9.97. The smallest absolute Gasteiger partial charge is 0.0954 e. The highest BCUT2D eigenvalue weighted by atomic mass is 35.5. The van der Waals surface area contributed by atoms with Gasteiger partial charge in [0.25, 0.3) is 0 Å². The van der Waals surface area contributed by atoms with Gasteiger partial charge in [-0.3, -0.25) is 4.90 Å². The van der Waals surface area contributed by atoms with Crippen molar-refractivity contribution < 1.29 is 4.74 Å². The van der Waals surface area contributed by atoms with Crippen LogP contribution in [0.3, 0.4) is 0 Å². The fourth-order valence-electron chi connectivity index (χ4n) is 2.66. The Balaban J connectivity index is 2.05. The molecule has 1 aromatic carbocycles. The Morgan fingerprint density at radius 1 is 1.37 bits per heavy atom. The van der Waals surface area contributed by atoms with Gasteiger partial charge in [0, 0.05) is 18.5 Å². The predicted molar refractivity (Wildman–Crippen MR) is 80.9 cm³/mol. The average Bonchev–Trinajstić information content (AvgIpc) is 2.43. The van der Waals surface area contributed by atoms with E-state index < -0.39 is 0 Å². The first-order valence-corrected chi connectivity index (χ1v) is 7.75. The molecule has 1 atom stereocenters. The first-order valence-electron chi connectivity index (χ1n) is 7.21. The van der Waals surface area contributed by atoms with Crippen LogP contribution in [0.5, 0.6) is 0 Å². The third kappa shape index (κ3) is 3.95. The van der Waals surface area contributed by atoms with Crippen molar-refractivity contribution in [2.75, 3.05) is 25.6 Å². The predicted octanol–water partition coefficient (Wildman–Crippen LogP) is 3.64. The summed E-state index contributed by atoms with van der Waals surface area (Å²) in [7, 11) is 0. The Morgan fingerprint density at radius 3 is 2.89 bits per heavy atom. The summed E-state index contributed by atoms with van der Waals surface area (Å²) in [5.74, 6) is 0.728. The van der Waals surface area contributed by atoms with Crippen LogP contribution in [0.1, 0.15) is 37.5 Å². The van der Waals surface area contributed by atoms with Crippen LogP contribution in [0.15, 0.2) is 24.3 Å². The lowest BCUT2D eigenvalue weighted by Gasteiger charge is -2.33. The molecule has 3 heteroatoms. The SMILES string of the molecule is CC(C)N(CCCCl)CC1OCCc2ccccc21. The molecular weight excluding hydrogens is 258 g/mol. The highest BCUT2D eigenvalue weighted by molar-refractivity contribution is 6.17. The zero-order valence-electron chi connectivity index (χ0n) is 11.9.